The van der Waals surface area contributed by atoms with Crippen molar-refractivity contribution in [3.8, 4) is 0 Å². The lowest BCUT2D eigenvalue weighted by Gasteiger charge is -2.29. The van der Waals surface area contributed by atoms with E-state index in [0.29, 0.717) is 11.3 Å². The van der Waals surface area contributed by atoms with Crippen LogP contribution in [0, 0.1) is 0 Å². The van der Waals surface area contributed by atoms with Crippen molar-refractivity contribution >= 4 is 22.3 Å². The number of hydrogen-bond acceptors (Lipinski definition) is 5. The Labute approximate surface area is 145 Å². The predicted octanol–water partition coefficient (Wildman–Crippen LogP) is 2.91. The van der Waals surface area contributed by atoms with Gasteiger partial charge in [-0.3, -0.25) is 4.21 Å². The van der Waals surface area contributed by atoms with Crippen molar-refractivity contribution in [1.82, 2.24) is 19.8 Å². The minimum atomic E-state index is -0.709. The third-order valence-electron chi connectivity index (χ3n) is 4.57. The number of anilines is 1. The average Bonchev–Trinajstić information content (AvgIpc) is 2.97. The van der Waals surface area contributed by atoms with Crippen LogP contribution in [-0.2, 0) is 16.2 Å². The van der Waals surface area contributed by atoms with Gasteiger partial charge in [-0.25, -0.2) is 0 Å². The fourth-order valence-electron chi connectivity index (χ4n) is 3.29. The van der Waals surface area contributed by atoms with E-state index in [9.17, 15) is 4.21 Å². The average molecular weight is 350 g/mol. The van der Waals surface area contributed by atoms with Crippen LogP contribution < -0.4 is 5.32 Å². The summed E-state index contributed by atoms with van der Waals surface area (Å²) in [5.74, 6) is 2.44. The van der Waals surface area contributed by atoms with Crippen LogP contribution in [0.15, 0.2) is 12.1 Å². The van der Waals surface area contributed by atoms with Crippen molar-refractivity contribution < 1.29 is 4.21 Å². The van der Waals surface area contributed by atoms with Crippen LogP contribution in [0.25, 0.3) is 5.65 Å². The third kappa shape index (κ3) is 3.61. The Morgan fingerprint density at radius 3 is 2.79 bits per heavy atom. The van der Waals surface area contributed by atoms with Crippen molar-refractivity contribution in [1.29, 1.82) is 0 Å². The molecule has 0 amide bonds. The van der Waals surface area contributed by atoms with Crippen LogP contribution in [0.1, 0.15) is 59.2 Å². The number of aromatic nitrogens is 4. The first kappa shape index (κ1) is 17.3. The maximum atomic E-state index is 12.1. The maximum Gasteiger partial charge on any atom is 0.178 e. The molecule has 1 fully saturated rings. The number of nitrogens with one attached hydrogen (secondary N) is 1. The van der Waals surface area contributed by atoms with Gasteiger partial charge in [0.1, 0.15) is 5.82 Å². The van der Waals surface area contributed by atoms with Crippen molar-refractivity contribution in [3.63, 3.8) is 0 Å². The predicted molar refractivity (Wildman–Crippen MR) is 97.8 cm³/mol. The van der Waals surface area contributed by atoms with Gasteiger partial charge in [0.25, 0.3) is 0 Å². The quantitative estimate of drug-likeness (QED) is 0.919. The fraction of sp³-hybridized carbons (Fsp3) is 0.706. The van der Waals surface area contributed by atoms with E-state index in [-0.39, 0.29) is 5.41 Å². The number of hydrogen-bond donors (Lipinski definition) is 1. The highest BCUT2D eigenvalue weighted by Gasteiger charge is 2.26. The molecule has 0 aliphatic heterocycles. The highest BCUT2D eigenvalue weighted by Crippen LogP contribution is 2.26. The smallest absolute Gasteiger partial charge is 0.178 e. The van der Waals surface area contributed by atoms with E-state index in [1.807, 2.05) is 23.6 Å². The largest absolute Gasteiger partial charge is 0.366 e. The van der Waals surface area contributed by atoms with Crippen molar-refractivity contribution in [3.05, 3.63) is 18.0 Å². The second-order valence-electron chi connectivity index (χ2n) is 7.56. The van der Waals surface area contributed by atoms with Gasteiger partial charge in [0.15, 0.2) is 11.5 Å². The Kier molecular flexibility index (Phi) is 4.90. The molecule has 2 aromatic rings. The first-order chi connectivity index (χ1) is 11.4. The molecule has 1 N–H and O–H groups in total. The van der Waals surface area contributed by atoms with Gasteiger partial charge in [0.2, 0.25) is 0 Å². The molecule has 7 heteroatoms. The first-order valence-corrected chi connectivity index (χ1v) is 10.1. The Balaban J connectivity index is 1.79. The topological polar surface area (TPSA) is 72.2 Å². The summed E-state index contributed by atoms with van der Waals surface area (Å²) in [7, 11) is -0.709. The van der Waals surface area contributed by atoms with E-state index < -0.39 is 10.8 Å². The van der Waals surface area contributed by atoms with Gasteiger partial charge in [-0.05, 0) is 31.4 Å². The molecule has 3 atom stereocenters. The highest BCUT2D eigenvalue weighted by molar-refractivity contribution is 7.85. The summed E-state index contributed by atoms with van der Waals surface area (Å²) in [6.45, 7) is 8.33. The summed E-state index contributed by atoms with van der Waals surface area (Å²) >= 11 is 0. The second kappa shape index (κ2) is 6.78. The molecule has 0 aromatic carbocycles. The van der Waals surface area contributed by atoms with Crippen molar-refractivity contribution in [2.75, 3.05) is 11.1 Å². The molecule has 2 aromatic heterocycles. The summed E-state index contributed by atoms with van der Waals surface area (Å²) in [6.07, 6.45) is 4.25. The number of nitrogens with zero attached hydrogens (tertiary/aromatic N) is 4. The molecule has 1 aliphatic rings. The van der Waals surface area contributed by atoms with E-state index in [2.05, 4.69) is 36.3 Å². The van der Waals surface area contributed by atoms with Gasteiger partial charge in [-0.2, -0.15) is 4.52 Å². The molecule has 1 aliphatic carbocycles. The summed E-state index contributed by atoms with van der Waals surface area (Å²) in [4.78, 5) is 0. The summed E-state index contributed by atoms with van der Waals surface area (Å²) in [6, 6.07) is 4.23. The molecule has 24 heavy (non-hydrogen) atoms. The second-order valence-corrected chi connectivity index (χ2v) is 9.57. The molecule has 0 saturated heterocycles. The van der Waals surface area contributed by atoms with Gasteiger partial charge >= 0.3 is 0 Å². The van der Waals surface area contributed by atoms with Crippen molar-refractivity contribution in [2.45, 2.75) is 70.1 Å². The maximum absolute atomic E-state index is 12.1. The number of fused-ring (bicyclic) bond motifs is 1. The van der Waals surface area contributed by atoms with Crippen LogP contribution >= 0.6 is 0 Å². The standard InChI is InChI=1S/C17H27N5OS/c1-5-24(23)13-8-6-7-12(11-13)18-14-9-10-15-19-20-16(17(2,3)4)22(15)21-14/h9-10,12-13H,5-8,11H2,1-4H3,(H,18,21). The monoisotopic (exact) mass is 349 g/mol. The zero-order valence-electron chi connectivity index (χ0n) is 15.0. The van der Waals surface area contributed by atoms with E-state index in [4.69, 9.17) is 5.10 Å². The third-order valence-corrected chi connectivity index (χ3v) is 6.31. The van der Waals surface area contributed by atoms with Gasteiger partial charge in [0, 0.05) is 33.3 Å². The van der Waals surface area contributed by atoms with E-state index >= 15 is 0 Å². The summed E-state index contributed by atoms with van der Waals surface area (Å²) < 4.78 is 13.9. The number of rotatable bonds is 4. The lowest BCUT2D eigenvalue weighted by Crippen LogP contribution is -2.33. The van der Waals surface area contributed by atoms with E-state index in [1.165, 1.54) is 0 Å². The van der Waals surface area contributed by atoms with Crippen LogP contribution in [0.2, 0.25) is 0 Å². The van der Waals surface area contributed by atoms with Gasteiger partial charge in [-0.1, -0.05) is 34.1 Å². The highest BCUT2D eigenvalue weighted by atomic mass is 32.2. The molecule has 0 spiro atoms. The Morgan fingerprint density at radius 2 is 2.08 bits per heavy atom. The van der Waals surface area contributed by atoms with Gasteiger partial charge in [-0.15, -0.1) is 15.3 Å². The van der Waals surface area contributed by atoms with Gasteiger partial charge < -0.3 is 5.32 Å². The molecule has 132 valence electrons. The molecular weight excluding hydrogens is 322 g/mol. The molecule has 0 radical (unpaired) electrons. The van der Waals surface area contributed by atoms with Gasteiger partial charge in [0.05, 0.1) is 0 Å². The Morgan fingerprint density at radius 1 is 1.29 bits per heavy atom. The molecular formula is C17H27N5OS. The minimum absolute atomic E-state index is 0.112. The summed E-state index contributed by atoms with van der Waals surface area (Å²) in [5.41, 5.74) is 0.651. The normalized spacial score (nSPS) is 23.3. The van der Waals surface area contributed by atoms with E-state index in [0.717, 1.165) is 48.7 Å². The Bertz CT molecular complexity index is 736. The van der Waals surface area contributed by atoms with Crippen LogP contribution in [0.3, 0.4) is 0 Å². The lowest BCUT2D eigenvalue weighted by molar-refractivity contribution is 0.463. The molecule has 0 bridgehead atoms. The minimum Gasteiger partial charge on any atom is -0.366 e. The first-order valence-electron chi connectivity index (χ1n) is 8.75. The van der Waals surface area contributed by atoms with Crippen LogP contribution in [0.4, 0.5) is 5.82 Å². The van der Waals surface area contributed by atoms with Crippen LogP contribution in [0.5, 0.6) is 0 Å². The van der Waals surface area contributed by atoms with Crippen molar-refractivity contribution in [2.24, 2.45) is 0 Å². The SMILES string of the molecule is CCS(=O)C1CCCC(Nc2ccc3nnc(C(C)(C)C)n3n2)C1. The zero-order valence-corrected chi connectivity index (χ0v) is 15.8. The molecule has 3 unspecified atom stereocenters. The van der Waals surface area contributed by atoms with E-state index in [1.54, 1.807) is 0 Å². The molecule has 1 saturated carbocycles. The fourth-order valence-corrected chi connectivity index (χ4v) is 4.64. The Hall–Kier alpha value is -1.50. The zero-order chi connectivity index (χ0) is 17.3. The summed E-state index contributed by atoms with van der Waals surface area (Å²) in [5, 5.41) is 17.0. The lowest BCUT2D eigenvalue weighted by atomic mass is 9.95. The molecule has 2 heterocycles. The van der Waals surface area contributed by atoms with Crippen LogP contribution in [-0.4, -0.2) is 41.1 Å². The molecule has 6 nitrogen and oxygen atoms in total. The molecule has 3 rings (SSSR count).